The number of rotatable bonds is 10. The fourth-order valence-corrected chi connectivity index (χ4v) is 1.98. The molecule has 0 unspecified atom stereocenters. The predicted molar refractivity (Wildman–Crippen MR) is 76.9 cm³/mol. The molecule has 0 bridgehead atoms. The fraction of sp³-hybridized carbons (Fsp3) is 0.625. The van der Waals surface area contributed by atoms with Crippen LogP contribution in [0.4, 0.5) is 0 Å². The molecule has 0 saturated heterocycles. The van der Waals surface area contributed by atoms with Crippen molar-refractivity contribution in [3.63, 3.8) is 0 Å². The Kier molecular flexibility index (Phi) is 8.47. The van der Waals surface area contributed by atoms with Crippen molar-refractivity contribution in [1.29, 1.82) is 0 Å². The summed E-state index contributed by atoms with van der Waals surface area (Å²) in [6.07, 6.45) is 4.60. The Bertz CT molecular complexity index is 313. The Morgan fingerprint density at radius 3 is 2.42 bits per heavy atom. The highest BCUT2D eigenvalue weighted by Crippen LogP contribution is 2.11. The van der Waals surface area contributed by atoms with Crippen LogP contribution in [-0.4, -0.2) is 29.0 Å². The molecule has 0 heterocycles. The molecular formula is C16H26O3. The van der Waals surface area contributed by atoms with E-state index in [1.807, 2.05) is 18.2 Å². The molecule has 1 aromatic rings. The first-order valence-corrected chi connectivity index (χ1v) is 7.17. The van der Waals surface area contributed by atoms with Crippen molar-refractivity contribution in [2.45, 2.75) is 57.8 Å². The van der Waals surface area contributed by atoms with Crippen molar-refractivity contribution in [2.24, 2.45) is 0 Å². The topological polar surface area (TPSA) is 49.7 Å². The van der Waals surface area contributed by atoms with Crippen LogP contribution in [-0.2, 0) is 11.3 Å². The van der Waals surface area contributed by atoms with E-state index in [4.69, 9.17) is 9.84 Å². The second kappa shape index (κ2) is 9.96. The van der Waals surface area contributed by atoms with E-state index >= 15 is 0 Å². The van der Waals surface area contributed by atoms with Crippen LogP contribution in [0.15, 0.2) is 30.3 Å². The molecule has 0 spiro atoms. The van der Waals surface area contributed by atoms with E-state index in [2.05, 4.69) is 19.1 Å². The zero-order valence-electron chi connectivity index (χ0n) is 11.8. The van der Waals surface area contributed by atoms with Crippen molar-refractivity contribution < 1.29 is 14.9 Å². The molecule has 0 aliphatic carbocycles. The van der Waals surface area contributed by atoms with Crippen LogP contribution in [0.3, 0.4) is 0 Å². The summed E-state index contributed by atoms with van der Waals surface area (Å²) in [6.45, 7) is 2.65. The van der Waals surface area contributed by atoms with E-state index in [0.29, 0.717) is 13.0 Å². The molecule has 0 aliphatic heterocycles. The minimum atomic E-state index is -0.549. The Morgan fingerprint density at radius 2 is 1.74 bits per heavy atom. The third kappa shape index (κ3) is 7.98. The molecule has 108 valence electrons. The van der Waals surface area contributed by atoms with Crippen LogP contribution >= 0.6 is 0 Å². The summed E-state index contributed by atoms with van der Waals surface area (Å²) >= 11 is 0. The number of aliphatic hydroxyl groups is 2. The minimum Gasteiger partial charge on any atom is -0.394 e. The van der Waals surface area contributed by atoms with Gasteiger partial charge in [-0.05, 0) is 25.3 Å². The van der Waals surface area contributed by atoms with Gasteiger partial charge in [0.1, 0.15) is 0 Å². The smallest absolute Gasteiger partial charge is 0.0770 e. The van der Waals surface area contributed by atoms with Gasteiger partial charge in [0.05, 0.1) is 25.4 Å². The van der Waals surface area contributed by atoms with Gasteiger partial charge in [0.25, 0.3) is 0 Å². The number of ether oxygens (including phenoxy) is 1. The second-order valence-corrected chi connectivity index (χ2v) is 5.08. The van der Waals surface area contributed by atoms with Gasteiger partial charge in [0.15, 0.2) is 0 Å². The summed E-state index contributed by atoms with van der Waals surface area (Å²) in [4.78, 5) is 0. The molecule has 1 rings (SSSR count). The van der Waals surface area contributed by atoms with Gasteiger partial charge in [-0.1, -0.05) is 49.6 Å². The average molecular weight is 266 g/mol. The maximum atomic E-state index is 9.20. The molecule has 1 aromatic carbocycles. The largest absolute Gasteiger partial charge is 0.394 e. The first kappa shape index (κ1) is 16.2. The molecule has 0 saturated carbocycles. The van der Waals surface area contributed by atoms with Crippen LogP contribution < -0.4 is 0 Å². The number of unbranched alkanes of at least 4 members (excludes halogenated alkanes) is 2. The molecule has 0 amide bonds. The highest BCUT2D eigenvalue weighted by atomic mass is 16.5. The first-order chi connectivity index (χ1) is 9.22. The van der Waals surface area contributed by atoms with Crippen LogP contribution in [0.1, 0.15) is 44.6 Å². The molecular weight excluding hydrogens is 240 g/mol. The van der Waals surface area contributed by atoms with Crippen LogP contribution in [0.5, 0.6) is 0 Å². The van der Waals surface area contributed by atoms with Crippen molar-refractivity contribution >= 4 is 0 Å². The molecule has 2 atom stereocenters. The number of aliphatic hydroxyl groups excluding tert-OH is 2. The van der Waals surface area contributed by atoms with E-state index < -0.39 is 6.10 Å². The van der Waals surface area contributed by atoms with Crippen molar-refractivity contribution in [1.82, 2.24) is 0 Å². The van der Waals surface area contributed by atoms with Crippen LogP contribution in [0.2, 0.25) is 0 Å². The van der Waals surface area contributed by atoms with Gasteiger partial charge in [0.2, 0.25) is 0 Å². The van der Waals surface area contributed by atoms with Gasteiger partial charge in [-0.3, -0.25) is 0 Å². The Balaban J connectivity index is 2.00. The lowest BCUT2D eigenvalue weighted by atomic mass is 10.1. The summed E-state index contributed by atoms with van der Waals surface area (Å²) < 4.78 is 5.79. The minimum absolute atomic E-state index is 0.128. The maximum absolute atomic E-state index is 9.20. The highest BCUT2D eigenvalue weighted by molar-refractivity contribution is 5.13. The zero-order chi connectivity index (χ0) is 13.9. The van der Waals surface area contributed by atoms with Crippen LogP contribution in [0.25, 0.3) is 0 Å². The van der Waals surface area contributed by atoms with Crippen molar-refractivity contribution in [3.05, 3.63) is 35.9 Å². The molecule has 19 heavy (non-hydrogen) atoms. The lowest BCUT2D eigenvalue weighted by Crippen LogP contribution is -2.11. The number of hydrogen-bond acceptors (Lipinski definition) is 3. The number of benzene rings is 1. The Hall–Kier alpha value is -0.900. The third-order valence-electron chi connectivity index (χ3n) is 3.24. The normalized spacial score (nSPS) is 14.3. The second-order valence-electron chi connectivity index (χ2n) is 5.08. The van der Waals surface area contributed by atoms with Crippen molar-refractivity contribution in [2.75, 3.05) is 6.61 Å². The quantitative estimate of drug-likeness (QED) is 0.640. The molecule has 3 heteroatoms. The van der Waals surface area contributed by atoms with Gasteiger partial charge in [-0.2, -0.15) is 0 Å². The van der Waals surface area contributed by atoms with Crippen molar-refractivity contribution in [3.8, 4) is 0 Å². The Labute approximate surface area is 116 Å². The summed E-state index contributed by atoms with van der Waals surface area (Å²) in [5.74, 6) is 0. The predicted octanol–water partition coefficient (Wildman–Crippen LogP) is 2.90. The van der Waals surface area contributed by atoms with Crippen LogP contribution in [0, 0.1) is 0 Å². The monoisotopic (exact) mass is 266 g/mol. The van der Waals surface area contributed by atoms with Gasteiger partial charge in [0, 0.05) is 0 Å². The number of hydrogen-bond donors (Lipinski definition) is 2. The summed E-state index contributed by atoms with van der Waals surface area (Å²) in [5.41, 5.74) is 1.21. The van der Waals surface area contributed by atoms with Gasteiger partial charge in [-0.15, -0.1) is 0 Å². The molecule has 2 N–H and O–H groups in total. The van der Waals surface area contributed by atoms with E-state index in [9.17, 15) is 5.11 Å². The van der Waals surface area contributed by atoms with Gasteiger partial charge >= 0.3 is 0 Å². The molecule has 3 nitrogen and oxygen atoms in total. The molecule has 0 aromatic heterocycles. The van der Waals surface area contributed by atoms with E-state index in [1.54, 1.807) is 0 Å². The molecule has 0 radical (unpaired) electrons. The third-order valence-corrected chi connectivity index (χ3v) is 3.24. The van der Waals surface area contributed by atoms with Gasteiger partial charge in [-0.25, -0.2) is 0 Å². The Morgan fingerprint density at radius 1 is 1.05 bits per heavy atom. The lowest BCUT2D eigenvalue weighted by Gasteiger charge is -2.13. The standard InChI is InChI=1S/C16H26O3/c1-14(8-4-2-7-11-16(18)12-17)19-13-15-9-5-3-6-10-15/h3,5-6,9-10,14,16-18H,2,4,7-8,11-13H2,1H3/t14-,16+/m1/s1. The summed E-state index contributed by atoms with van der Waals surface area (Å²) in [6, 6.07) is 10.2. The fourth-order valence-electron chi connectivity index (χ4n) is 1.98. The summed E-state index contributed by atoms with van der Waals surface area (Å²) in [7, 11) is 0. The first-order valence-electron chi connectivity index (χ1n) is 7.17. The van der Waals surface area contributed by atoms with Gasteiger partial charge < -0.3 is 14.9 Å². The molecule has 0 aliphatic rings. The summed E-state index contributed by atoms with van der Waals surface area (Å²) in [5, 5.41) is 17.9. The average Bonchev–Trinajstić information content (AvgIpc) is 2.45. The molecule has 0 fully saturated rings. The van der Waals surface area contributed by atoms with E-state index in [0.717, 1.165) is 25.7 Å². The highest BCUT2D eigenvalue weighted by Gasteiger charge is 2.04. The van der Waals surface area contributed by atoms with E-state index in [1.165, 1.54) is 5.56 Å². The lowest BCUT2D eigenvalue weighted by molar-refractivity contribution is 0.0453. The van der Waals surface area contributed by atoms with E-state index in [-0.39, 0.29) is 12.7 Å². The maximum Gasteiger partial charge on any atom is 0.0770 e. The zero-order valence-corrected chi connectivity index (χ0v) is 11.8. The SMILES string of the molecule is C[C@H](CCCCC[C@H](O)CO)OCc1ccccc1.